The van der Waals surface area contributed by atoms with Crippen LogP contribution >= 0.6 is 0 Å². The third-order valence-electron chi connectivity index (χ3n) is 4.38. The summed E-state index contributed by atoms with van der Waals surface area (Å²) in [5.74, 6) is 0. The number of unbranched alkanes of at least 4 members (excludes halogenated alkanes) is 2. The number of allylic oxidation sites excluding steroid dienone is 1. The molecule has 0 spiro atoms. The molecule has 0 radical (unpaired) electrons. The number of benzene rings is 1. The molecule has 0 fully saturated rings. The number of hydrogen-bond acceptors (Lipinski definition) is 2. The molecule has 1 aromatic rings. The van der Waals surface area contributed by atoms with Crippen LogP contribution in [0.15, 0.2) is 36.4 Å². The van der Waals surface area contributed by atoms with Crippen molar-refractivity contribution in [1.82, 2.24) is 0 Å². The Morgan fingerprint density at radius 3 is 2.43 bits per heavy atom. The minimum Gasteiger partial charge on any atom is -0.356 e. The summed E-state index contributed by atoms with van der Waals surface area (Å²) in [4.78, 5) is 0. The fourth-order valence-electron chi connectivity index (χ4n) is 2.70. The molecular weight excluding hydrogens is 300 g/mol. The van der Waals surface area contributed by atoms with E-state index in [2.05, 4.69) is 62.5 Å². The highest BCUT2D eigenvalue weighted by atomic mass is 28.3. The molecule has 0 saturated heterocycles. The van der Waals surface area contributed by atoms with Crippen molar-refractivity contribution in [3.8, 4) is 0 Å². The van der Waals surface area contributed by atoms with E-state index in [1.165, 1.54) is 24.8 Å². The molecule has 1 rings (SSSR count). The first kappa shape index (κ1) is 20.1. The summed E-state index contributed by atoms with van der Waals surface area (Å²) in [6.45, 7) is 9.11. The highest BCUT2D eigenvalue weighted by molar-refractivity contribution is 6.79. The van der Waals surface area contributed by atoms with Crippen LogP contribution in [-0.4, -0.2) is 27.2 Å². The van der Waals surface area contributed by atoms with E-state index in [1.807, 2.05) is 6.92 Å². The van der Waals surface area contributed by atoms with Crippen molar-refractivity contribution < 1.29 is 9.47 Å². The standard InChI is InChI=1S/C20H34O2Si/c1-6-7-9-16-20(22-18(2)21-3)23(4,5)17-12-15-19-13-10-8-11-14-19/h8,10-15,18,20H,6-7,9,16-17H2,1-5H3/b15-12+. The predicted octanol–water partition coefficient (Wildman–Crippen LogP) is 5.91. The summed E-state index contributed by atoms with van der Waals surface area (Å²) in [5, 5.41) is 0. The lowest BCUT2D eigenvalue weighted by molar-refractivity contribution is -0.127. The van der Waals surface area contributed by atoms with Gasteiger partial charge >= 0.3 is 0 Å². The molecule has 1 aromatic carbocycles. The van der Waals surface area contributed by atoms with Crippen LogP contribution in [0.25, 0.3) is 6.08 Å². The molecule has 3 heteroatoms. The summed E-state index contributed by atoms with van der Waals surface area (Å²) in [6, 6.07) is 11.6. The summed E-state index contributed by atoms with van der Waals surface area (Å²) < 4.78 is 11.6. The molecule has 0 heterocycles. The topological polar surface area (TPSA) is 18.5 Å². The average Bonchev–Trinajstić information content (AvgIpc) is 2.54. The molecule has 23 heavy (non-hydrogen) atoms. The Kier molecular flexibility index (Phi) is 9.45. The van der Waals surface area contributed by atoms with Crippen LogP contribution in [-0.2, 0) is 9.47 Å². The molecule has 0 saturated carbocycles. The first-order chi connectivity index (χ1) is 11.0. The second-order valence-electron chi connectivity index (χ2n) is 6.93. The number of methoxy groups -OCH3 is 1. The maximum absolute atomic E-state index is 6.22. The zero-order valence-electron chi connectivity index (χ0n) is 15.5. The van der Waals surface area contributed by atoms with Gasteiger partial charge in [0.05, 0.1) is 13.8 Å². The Bertz CT molecular complexity index is 442. The van der Waals surface area contributed by atoms with E-state index >= 15 is 0 Å². The first-order valence-electron chi connectivity index (χ1n) is 8.89. The molecule has 2 unspecified atom stereocenters. The van der Waals surface area contributed by atoms with Crippen molar-refractivity contribution in [3.05, 3.63) is 42.0 Å². The third kappa shape index (κ3) is 7.96. The van der Waals surface area contributed by atoms with Crippen molar-refractivity contribution in [2.45, 2.75) is 70.7 Å². The smallest absolute Gasteiger partial charge is 0.154 e. The van der Waals surface area contributed by atoms with Crippen LogP contribution in [0.4, 0.5) is 0 Å². The molecule has 0 amide bonds. The summed E-state index contributed by atoms with van der Waals surface area (Å²) in [7, 11) is 0.215. The van der Waals surface area contributed by atoms with Gasteiger partial charge in [0.1, 0.15) is 0 Å². The normalized spacial score (nSPS) is 15.0. The fraction of sp³-hybridized carbons (Fsp3) is 0.600. The largest absolute Gasteiger partial charge is 0.356 e. The van der Waals surface area contributed by atoms with Gasteiger partial charge < -0.3 is 9.47 Å². The van der Waals surface area contributed by atoms with Gasteiger partial charge in [-0.1, -0.05) is 81.8 Å². The quantitative estimate of drug-likeness (QED) is 0.285. The van der Waals surface area contributed by atoms with Crippen molar-refractivity contribution in [2.24, 2.45) is 0 Å². The number of rotatable bonds is 11. The van der Waals surface area contributed by atoms with Crippen LogP contribution in [0.2, 0.25) is 19.1 Å². The van der Waals surface area contributed by atoms with Crippen molar-refractivity contribution >= 4 is 14.1 Å². The molecule has 2 nitrogen and oxygen atoms in total. The van der Waals surface area contributed by atoms with E-state index in [4.69, 9.17) is 9.47 Å². The second kappa shape index (κ2) is 10.8. The molecule has 2 atom stereocenters. The van der Waals surface area contributed by atoms with Gasteiger partial charge in [0, 0.05) is 7.11 Å². The van der Waals surface area contributed by atoms with E-state index in [-0.39, 0.29) is 6.29 Å². The molecule has 0 aromatic heterocycles. The molecule has 0 aliphatic carbocycles. The van der Waals surface area contributed by atoms with E-state index in [9.17, 15) is 0 Å². The van der Waals surface area contributed by atoms with Gasteiger partial charge in [-0.2, -0.15) is 0 Å². The number of hydrogen-bond donors (Lipinski definition) is 0. The van der Waals surface area contributed by atoms with Crippen molar-refractivity contribution in [2.75, 3.05) is 7.11 Å². The Morgan fingerprint density at radius 1 is 1.13 bits per heavy atom. The van der Waals surface area contributed by atoms with E-state index < -0.39 is 8.07 Å². The van der Waals surface area contributed by atoms with Gasteiger partial charge in [0.2, 0.25) is 0 Å². The molecule has 0 aliphatic rings. The molecular formula is C20H34O2Si. The monoisotopic (exact) mass is 334 g/mol. The molecule has 0 aliphatic heterocycles. The van der Waals surface area contributed by atoms with Gasteiger partial charge in [-0.15, -0.1) is 0 Å². The lowest BCUT2D eigenvalue weighted by Gasteiger charge is -2.33. The van der Waals surface area contributed by atoms with Gasteiger partial charge in [0.15, 0.2) is 6.29 Å². The second-order valence-corrected chi connectivity index (χ2v) is 12.0. The fourth-order valence-corrected chi connectivity index (χ4v) is 5.24. The zero-order valence-corrected chi connectivity index (χ0v) is 16.5. The van der Waals surface area contributed by atoms with Crippen molar-refractivity contribution in [3.63, 3.8) is 0 Å². The average molecular weight is 335 g/mol. The zero-order chi connectivity index (χ0) is 17.1. The van der Waals surface area contributed by atoms with Crippen LogP contribution in [0, 0.1) is 0 Å². The van der Waals surface area contributed by atoms with Crippen LogP contribution in [0.5, 0.6) is 0 Å². The lowest BCUT2D eigenvalue weighted by atomic mass is 10.2. The van der Waals surface area contributed by atoms with Crippen LogP contribution in [0.3, 0.4) is 0 Å². The first-order valence-corrected chi connectivity index (χ1v) is 12.2. The SMILES string of the molecule is CCCCCC(OC(C)OC)[Si](C)(C)C/C=C/c1ccccc1. The molecule has 0 bridgehead atoms. The lowest BCUT2D eigenvalue weighted by Crippen LogP contribution is -2.44. The third-order valence-corrected chi connectivity index (χ3v) is 7.84. The summed E-state index contributed by atoms with van der Waals surface area (Å²) in [6.07, 6.45) is 9.38. The maximum atomic E-state index is 6.22. The van der Waals surface area contributed by atoms with Gasteiger partial charge in [-0.25, -0.2) is 0 Å². The Morgan fingerprint density at radius 2 is 1.83 bits per heavy atom. The van der Waals surface area contributed by atoms with Crippen LogP contribution < -0.4 is 0 Å². The minimum absolute atomic E-state index is 0.119. The van der Waals surface area contributed by atoms with Gasteiger partial charge in [-0.05, 0) is 25.0 Å². The number of ether oxygens (including phenoxy) is 2. The van der Waals surface area contributed by atoms with E-state index in [0.717, 1.165) is 12.5 Å². The van der Waals surface area contributed by atoms with Crippen molar-refractivity contribution in [1.29, 1.82) is 0 Å². The predicted molar refractivity (Wildman–Crippen MR) is 103 cm³/mol. The van der Waals surface area contributed by atoms with E-state index in [0.29, 0.717) is 5.73 Å². The minimum atomic E-state index is -1.50. The molecule has 0 N–H and O–H groups in total. The maximum Gasteiger partial charge on any atom is 0.154 e. The summed E-state index contributed by atoms with van der Waals surface area (Å²) in [5.41, 5.74) is 1.62. The highest BCUT2D eigenvalue weighted by Crippen LogP contribution is 2.25. The Balaban J connectivity index is 2.66. The highest BCUT2D eigenvalue weighted by Gasteiger charge is 2.32. The Hall–Kier alpha value is -0.903. The van der Waals surface area contributed by atoms with E-state index in [1.54, 1.807) is 7.11 Å². The molecule has 130 valence electrons. The Labute approximate surface area is 143 Å². The van der Waals surface area contributed by atoms with Crippen LogP contribution in [0.1, 0.15) is 45.1 Å². The van der Waals surface area contributed by atoms with Gasteiger partial charge in [0.25, 0.3) is 0 Å². The van der Waals surface area contributed by atoms with Gasteiger partial charge in [-0.3, -0.25) is 0 Å². The summed E-state index contributed by atoms with van der Waals surface area (Å²) >= 11 is 0.